The van der Waals surface area contributed by atoms with Crippen LogP contribution in [0.1, 0.15) is 60.8 Å². The van der Waals surface area contributed by atoms with Crippen LogP contribution in [0.15, 0.2) is 36.0 Å². The second-order valence-corrected chi connectivity index (χ2v) is 8.26. The van der Waals surface area contributed by atoms with Crippen molar-refractivity contribution in [2.75, 3.05) is 0 Å². The van der Waals surface area contributed by atoms with Crippen LogP contribution in [-0.2, 0) is 19.1 Å². The summed E-state index contributed by atoms with van der Waals surface area (Å²) in [5.41, 5.74) is -1.08. The zero-order chi connectivity index (χ0) is 21.1. The van der Waals surface area contributed by atoms with Crippen LogP contribution in [0.3, 0.4) is 0 Å². The summed E-state index contributed by atoms with van der Waals surface area (Å²) in [4.78, 5) is 38.2. The summed E-state index contributed by atoms with van der Waals surface area (Å²) in [6, 6.07) is -0.328. The lowest BCUT2D eigenvalue weighted by atomic mass is 9.62. The average Bonchev–Trinajstić information content (AvgIpc) is 3.01. The van der Waals surface area contributed by atoms with Gasteiger partial charge in [-0.2, -0.15) is 0 Å². The Morgan fingerprint density at radius 1 is 1.14 bits per heavy atom. The molecule has 1 amide bonds. The van der Waals surface area contributed by atoms with Crippen molar-refractivity contribution < 1.29 is 19.1 Å². The van der Waals surface area contributed by atoms with Gasteiger partial charge in [0, 0.05) is 12.0 Å². The minimum atomic E-state index is -0.880. The Morgan fingerprint density at radius 3 is 2.36 bits per heavy atom. The summed E-state index contributed by atoms with van der Waals surface area (Å²) in [6.45, 7) is 11.0. The molecule has 0 saturated carbocycles. The number of amides is 1. The first-order chi connectivity index (χ1) is 13.1. The van der Waals surface area contributed by atoms with E-state index in [0.29, 0.717) is 18.4 Å². The number of Topliss-reactive ketones (excluding diaryl/α,β-unsaturated/α-hetero) is 2. The van der Waals surface area contributed by atoms with Crippen LogP contribution in [0.5, 0.6) is 0 Å². The lowest BCUT2D eigenvalue weighted by Gasteiger charge is -2.40. The molecule has 2 heterocycles. The van der Waals surface area contributed by atoms with Crippen LogP contribution in [0, 0.1) is 11.8 Å². The van der Waals surface area contributed by atoms with E-state index < -0.39 is 23.0 Å². The maximum absolute atomic E-state index is 12.9. The monoisotopic (exact) mass is 387 g/mol. The summed E-state index contributed by atoms with van der Waals surface area (Å²) in [5, 5.41) is 3.08. The number of ether oxygens (including phenoxy) is 1. The van der Waals surface area contributed by atoms with Gasteiger partial charge in [0.15, 0.2) is 0 Å². The molecule has 28 heavy (non-hydrogen) atoms. The Morgan fingerprint density at radius 2 is 1.82 bits per heavy atom. The Bertz CT molecular complexity index is 735. The lowest BCUT2D eigenvalue weighted by Crippen LogP contribution is -2.58. The minimum absolute atomic E-state index is 0.0203. The summed E-state index contributed by atoms with van der Waals surface area (Å²) >= 11 is 0. The molecule has 0 aliphatic carbocycles. The standard InChI is InChI=1S/C23H33NO4/c1-7-10-13-16(11-8-2)21(27)24-18-14-22(5)19(15(4)25)20(17(26)12-9-3)23(18,6)28-22/h7-8,10-11,13,18-20H,9,12,14H2,1-6H3,(H,24,27)/b10-7-,11-8-,16-13+. The molecule has 0 spiro atoms. The fraction of sp³-hybridized carbons (Fsp3) is 0.609. The number of hydrogen-bond acceptors (Lipinski definition) is 4. The third-order valence-corrected chi connectivity index (χ3v) is 6.03. The average molecular weight is 388 g/mol. The van der Waals surface area contributed by atoms with Crippen LogP contribution in [0.2, 0.25) is 0 Å². The number of hydrogen-bond donors (Lipinski definition) is 1. The van der Waals surface area contributed by atoms with Crippen molar-refractivity contribution in [2.24, 2.45) is 11.8 Å². The van der Waals surface area contributed by atoms with Gasteiger partial charge in [-0.3, -0.25) is 14.4 Å². The first-order valence-corrected chi connectivity index (χ1v) is 10.1. The van der Waals surface area contributed by atoms with E-state index in [1.54, 1.807) is 12.2 Å². The number of carbonyl (C=O) groups is 3. The van der Waals surface area contributed by atoms with Gasteiger partial charge in [-0.05, 0) is 53.5 Å². The van der Waals surface area contributed by atoms with Gasteiger partial charge in [0.05, 0.1) is 29.1 Å². The predicted octanol–water partition coefficient (Wildman–Crippen LogP) is 3.69. The Hall–Kier alpha value is -2.01. The molecule has 5 heteroatoms. The first-order valence-electron chi connectivity index (χ1n) is 10.1. The summed E-state index contributed by atoms with van der Waals surface area (Å²) in [6.07, 6.45) is 10.6. The van der Waals surface area contributed by atoms with E-state index in [4.69, 9.17) is 4.74 Å². The molecule has 2 saturated heterocycles. The number of allylic oxidation sites excluding steroid dienone is 4. The number of fused-ring (bicyclic) bond motifs is 2. The molecule has 5 atom stereocenters. The predicted molar refractivity (Wildman–Crippen MR) is 110 cm³/mol. The molecule has 154 valence electrons. The van der Waals surface area contributed by atoms with Gasteiger partial charge in [-0.1, -0.05) is 31.2 Å². The second kappa shape index (κ2) is 8.56. The molecule has 1 N–H and O–H groups in total. The highest BCUT2D eigenvalue weighted by Gasteiger charge is 2.70. The molecular formula is C23H33NO4. The van der Waals surface area contributed by atoms with E-state index in [9.17, 15) is 14.4 Å². The molecule has 0 aromatic carbocycles. The van der Waals surface area contributed by atoms with Crippen molar-refractivity contribution in [1.29, 1.82) is 0 Å². The van der Waals surface area contributed by atoms with Gasteiger partial charge in [-0.15, -0.1) is 0 Å². The number of ketones is 2. The lowest BCUT2D eigenvalue weighted by molar-refractivity contribution is -0.135. The quantitative estimate of drug-likeness (QED) is 0.509. The van der Waals surface area contributed by atoms with E-state index in [1.807, 2.05) is 52.8 Å². The number of carbonyl (C=O) groups excluding carboxylic acids is 3. The maximum atomic E-state index is 12.9. The molecule has 0 aromatic rings. The Labute approximate surface area is 168 Å². The van der Waals surface area contributed by atoms with Gasteiger partial charge in [0.1, 0.15) is 11.6 Å². The molecule has 0 radical (unpaired) electrons. The third kappa shape index (κ3) is 3.90. The Balaban J connectivity index is 2.35. The van der Waals surface area contributed by atoms with Crippen LogP contribution in [0.25, 0.3) is 0 Å². The molecule has 0 aromatic heterocycles. The van der Waals surface area contributed by atoms with Crippen molar-refractivity contribution in [3.05, 3.63) is 36.0 Å². The topological polar surface area (TPSA) is 72.5 Å². The highest BCUT2D eigenvalue weighted by molar-refractivity contribution is 5.97. The van der Waals surface area contributed by atoms with E-state index in [2.05, 4.69) is 5.32 Å². The number of nitrogens with one attached hydrogen (secondary N) is 1. The highest BCUT2D eigenvalue weighted by atomic mass is 16.5. The van der Waals surface area contributed by atoms with Gasteiger partial charge in [0.2, 0.25) is 0 Å². The van der Waals surface area contributed by atoms with Crippen LogP contribution in [-0.4, -0.2) is 34.7 Å². The molecule has 2 rings (SSSR count). The van der Waals surface area contributed by atoms with Crippen molar-refractivity contribution in [3.8, 4) is 0 Å². The number of rotatable bonds is 8. The van der Waals surface area contributed by atoms with E-state index in [1.165, 1.54) is 6.92 Å². The first kappa shape index (κ1) is 22.3. The largest absolute Gasteiger partial charge is 0.365 e. The molecule has 5 nitrogen and oxygen atoms in total. The molecule has 2 aliphatic heterocycles. The summed E-state index contributed by atoms with van der Waals surface area (Å²) < 4.78 is 6.33. The van der Waals surface area contributed by atoms with Gasteiger partial charge in [0.25, 0.3) is 5.91 Å². The van der Waals surface area contributed by atoms with Crippen molar-refractivity contribution in [1.82, 2.24) is 5.32 Å². The van der Waals surface area contributed by atoms with Crippen LogP contribution < -0.4 is 5.32 Å². The fourth-order valence-electron chi connectivity index (χ4n) is 4.97. The zero-order valence-corrected chi connectivity index (χ0v) is 17.9. The van der Waals surface area contributed by atoms with Crippen LogP contribution >= 0.6 is 0 Å². The van der Waals surface area contributed by atoms with Gasteiger partial charge in [-0.25, -0.2) is 0 Å². The third-order valence-electron chi connectivity index (χ3n) is 6.03. The summed E-state index contributed by atoms with van der Waals surface area (Å²) in [7, 11) is 0. The smallest absolute Gasteiger partial charge is 0.251 e. The van der Waals surface area contributed by atoms with E-state index in [-0.39, 0.29) is 23.5 Å². The van der Waals surface area contributed by atoms with Crippen molar-refractivity contribution >= 4 is 17.5 Å². The van der Waals surface area contributed by atoms with Gasteiger partial charge >= 0.3 is 0 Å². The molecule has 5 unspecified atom stereocenters. The highest BCUT2D eigenvalue weighted by Crippen LogP contribution is 2.58. The molecule has 2 aliphatic rings. The molecular weight excluding hydrogens is 354 g/mol. The second-order valence-electron chi connectivity index (χ2n) is 8.26. The zero-order valence-electron chi connectivity index (χ0n) is 17.9. The normalized spacial score (nSPS) is 35.1. The maximum Gasteiger partial charge on any atom is 0.251 e. The SMILES string of the molecule is C\C=C/C=C(\C=C/C)C(=O)NC1CC2(C)OC1(C)C(C(=O)CCC)C2C(C)=O. The Kier molecular flexibility index (Phi) is 6.81. The minimum Gasteiger partial charge on any atom is -0.365 e. The van der Waals surface area contributed by atoms with Crippen molar-refractivity contribution in [2.45, 2.75) is 78.0 Å². The van der Waals surface area contributed by atoms with Crippen molar-refractivity contribution in [3.63, 3.8) is 0 Å². The van der Waals surface area contributed by atoms with E-state index in [0.717, 1.165) is 6.42 Å². The van der Waals surface area contributed by atoms with E-state index >= 15 is 0 Å². The van der Waals surface area contributed by atoms with Gasteiger partial charge < -0.3 is 10.1 Å². The summed E-state index contributed by atoms with van der Waals surface area (Å²) in [5.74, 6) is -1.17. The molecule has 2 fully saturated rings. The van der Waals surface area contributed by atoms with Crippen LogP contribution in [0.4, 0.5) is 0 Å². The fourth-order valence-corrected chi connectivity index (χ4v) is 4.97. The molecule has 2 bridgehead atoms.